The minimum absolute atomic E-state index is 0.214. The largest absolute Gasteiger partial charge is 0.348 e. The van der Waals surface area contributed by atoms with Crippen molar-refractivity contribution < 1.29 is 19.6 Å². The van der Waals surface area contributed by atoms with Crippen molar-refractivity contribution in [3.8, 4) is 0 Å². The van der Waals surface area contributed by atoms with Gasteiger partial charge in [-0.05, 0) is 25.8 Å². The molecule has 0 unspecified atom stereocenters. The topological polar surface area (TPSA) is 44.8 Å². The monoisotopic (exact) mass is 234 g/mol. The van der Waals surface area contributed by atoms with Gasteiger partial charge in [0.1, 0.15) is 0 Å². The molecule has 0 aromatic rings. The van der Waals surface area contributed by atoms with Crippen molar-refractivity contribution in [2.75, 3.05) is 0 Å². The molecule has 0 aliphatic heterocycles. The van der Waals surface area contributed by atoms with Gasteiger partial charge in [-0.3, -0.25) is 4.89 Å². The van der Waals surface area contributed by atoms with E-state index in [0.29, 0.717) is 0 Å². The van der Waals surface area contributed by atoms with Crippen molar-refractivity contribution in [3.63, 3.8) is 0 Å². The maximum Gasteiger partial charge on any atom is 0.348 e. The lowest BCUT2D eigenvalue weighted by Crippen LogP contribution is -2.22. The predicted octanol–water partition coefficient (Wildman–Crippen LogP) is 3.65. The molecule has 0 atom stereocenters. The van der Waals surface area contributed by atoms with Crippen molar-refractivity contribution in [1.29, 1.82) is 0 Å². The van der Waals surface area contributed by atoms with Crippen LogP contribution in [0.2, 0.25) is 0 Å². The van der Waals surface area contributed by atoms with Gasteiger partial charge in [0.05, 0.1) is 11.5 Å². The van der Waals surface area contributed by atoms with Crippen LogP contribution >= 0.6 is 0 Å². The summed E-state index contributed by atoms with van der Waals surface area (Å²) in [7, 11) is 0. The quantitative estimate of drug-likeness (QED) is 0.550. The smallest absolute Gasteiger partial charge is 0.269 e. The molecule has 98 valence electrons. The number of carbonyl (C=O) groups is 1. The molecule has 0 radical (unpaired) electrons. The van der Waals surface area contributed by atoms with E-state index in [2.05, 4.69) is 23.8 Å². The van der Waals surface area contributed by atoms with Gasteiger partial charge in [-0.25, -0.2) is 4.79 Å². The lowest BCUT2D eigenvalue weighted by atomic mass is 10.2. The summed E-state index contributed by atoms with van der Waals surface area (Å²) in [5, 5.41) is 4.27. The Morgan fingerprint density at radius 2 is 1.56 bits per heavy atom. The summed E-state index contributed by atoms with van der Waals surface area (Å²) in [6.45, 7) is 13.1. The standard InChI is InChI=1S/C8H16O4.C4H10/c1-6(2)7(9)10-12-11-8(3,4)5;1-3-4-2/h6H,1-5H3;3-4H2,1-2H3. The van der Waals surface area contributed by atoms with E-state index in [4.69, 9.17) is 4.89 Å². The molecule has 0 N–H and O–H groups in total. The molecule has 0 aromatic carbocycles. The maximum absolute atomic E-state index is 10.8. The van der Waals surface area contributed by atoms with Crippen LogP contribution in [-0.2, 0) is 19.6 Å². The van der Waals surface area contributed by atoms with Crippen molar-refractivity contribution in [1.82, 2.24) is 0 Å². The second-order valence-corrected chi connectivity index (χ2v) is 4.82. The van der Waals surface area contributed by atoms with Gasteiger partial charge in [0.2, 0.25) is 0 Å². The highest BCUT2D eigenvalue weighted by atomic mass is 17.5. The van der Waals surface area contributed by atoms with E-state index >= 15 is 0 Å². The molecule has 16 heavy (non-hydrogen) atoms. The van der Waals surface area contributed by atoms with E-state index in [1.807, 2.05) is 0 Å². The van der Waals surface area contributed by atoms with Crippen LogP contribution in [0.25, 0.3) is 0 Å². The van der Waals surface area contributed by atoms with Crippen molar-refractivity contribution in [2.24, 2.45) is 5.92 Å². The Morgan fingerprint density at radius 1 is 1.12 bits per heavy atom. The van der Waals surface area contributed by atoms with E-state index in [1.165, 1.54) is 12.8 Å². The Bertz CT molecular complexity index is 168. The molecule has 0 amide bonds. The summed E-state index contributed by atoms with van der Waals surface area (Å²) in [4.78, 5) is 19.8. The fourth-order valence-electron chi connectivity index (χ4n) is 0.249. The molecule has 0 aliphatic carbocycles. The van der Waals surface area contributed by atoms with Crippen LogP contribution in [0.5, 0.6) is 0 Å². The fourth-order valence-corrected chi connectivity index (χ4v) is 0.249. The van der Waals surface area contributed by atoms with Gasteiger partial charge in [0.25, 0.3) is 0 Å². The average molecular weight is 234 g/mol. The summed E-state index contributed by atoms with van der Waals surface area (Å²) in [6.07, 6.45) is 2.64. The van der Waals surface area contributed by atoms with Crippen LogP contribution < -0.4 is 0 Å². The minimum atomic E-state index is -0.475. The van der Waals surface area contributed by atoms with E-state index in [-0.39, 0.29) is 5.92 Å². The molecule has 0 heterocycles. The molecule has 4 nitrogen and oxygen atoms in total. The van der Waals surface area contributed by atoms with Crippen LogP contribution in [0.4, 0.5) is 0 Å². The zero-order chi connectivity index (χ0) is 13.2. The summed E-state index contributed by atoms with van der Waals surface area (Å²) < 4.78 is 0. The van der Waals surface area contributed by atoms with Gasteiger partial charge < -0.3 is 0 Å². The van der Waals surface area contributed by atoms with Crippen LogP contribution in [0.1, 0.15) is 61.3 Å². The van der Waals surface area contributed by atoms with Gasteiger partial charge >= 0.3 is 5.97 Å². The summed E-state index contributed by atoms with van der Waals surface area (Å²) in [5.41, 5.74) is -0.475. The highest BCUT2D eigenvalue weighted by molar-refractivity contribution is 5.70. The lowest BCUT2D eigenvalue weighted by molar-refractivity contribution is -0.515. The first-order valence-electron chi connectivity index (χ1n) is 5.80. The van der Waals surface area contributed by atoms with E-state index in [9.17, 15) is 4.79 Å². The summed E-state index contributed by atoms with van der Waals surface area (Å²) >= 11 is 0. The van der Waals surface area contributed by atoms with Gasteiger partial charge in [-0.1, -0.05) is 40.5 Å². The zero-order valence-electron chi connectivity index (χ0n) is 11.6. The second-order valence-electron chi connectivity index (χ2n) is 4.82. The fraction of sp³-hybridized carbons (Fsp3) is 0.917. The second kappa shape index (κ2) is 9.60. The number of hydrogen-bond donors (Lipinski definition) is 0. The van der Waals surface area contributed by atoms with Crippen molar-refractivity contribution >= 4 is 5.97 Å². The molecule has 0 spiro atoms. The van der Waals surface area contributed by atoms with Crippen LogP contribution in [-0.4, -0.2) is 11.6 Å². The molecule has 0 rings (SSSR count). The predicted molar refractivity (Wildman–Crippen MR) is 63.4 cm³/mol. The van der Waals surface area contributed by atoms with Gasteiger partial charge in [0, 0.05) is 0 Å². The minimum Gasteiger partial charge on any atom is -0.269 e. The van der Waals surface area contributed by atoms with E-state index in [1.54, 1.807) is 34.6 Å². The molecule has 0 fully saturated rings. The van der Waals surface area contributed by atoms with Crippen LogP contribution in [0.3, 0.4) is 0 Å². The first kappa shape index (κ1) is 17.8. The summed E-state index contributed by atoms with van der Waals surface area (Å²) in [6, 6.07) is 0. The SMILES string of the molecule is CC(C)C(=O)OOOC(C)(C)C.CCCC. The molecule has 0 aromatic heterocycles. The Kier molecular flexibility index (Phi) is 10.7. The molecular weight excluding hydrogens is 208 g/mol. The van der Waals surface area contributed by atoms with Crippen molar-refractivity contribution in [2.45, 2.75) is 66.9 Å². The highest BCUT2D eigenvalue weighted by Gasteiger charge is 2.15. The molecule has 4 heteroatoms. The van der Waals surface area contributed by atoms with Crippen molar-refractivity contribution in [3.05, 3.63) is 0 Å². The average Bonchev–Trinajstić information content (AvgIpc) is 2.16. The molecular formula is C12H26O4. The van der Waals surface area contributed by atoms with Crippen LogP contribution in [0, 0.1) is 5.92 Å². The molecule has 0 aliphatic rings. The van der Waals surface area contributed by atoms with Gasteiger partial charge in [-0.15, -0.1) is 0 Å². The van der Waals surface area contributed by atoms with E-state index < -0.39 is 11.6 Å². The molecule has 0 bridgehead atoms. The Morgan fingerprint density at radius 3 is 1.81 bits per heavy atom. The van der Waals surface area contributed by atoms with E-state index in [0.717, 1.165) is 0 Å². The number of unbranched alkanes of at least 4 members (excludes halogenated alkanes) is 1. The first-order valence-corrected chi connectivity index (χ1v) is 5.80. The number of rotatable bonds is 4. The number of hydrogen-bond acceptors (Lipinski definition) is 4. The van der Waals surface area contributed by atoms with Crippen LogP contribution in [0.15, 0.2) is 0 Å². The van der Waals surface area contributed by atoms with Gasteiger partial charge in [0.15, 0.2) is 0 Å². The normalized spacial score (nSPS) is 10.8. The Labute approximate surface area is 99.1 Å². The third kappa shape index (κ3) is 15.8. The third-order valence-corrected chi connectivity index (χ3v) is 1.37. The summed E-state index contributed by atoms with van der Waals surface area (Å²) in [5.74, 6) is -0.659. The Hall–Kier alpha value is -0.610. The zero-order valence-corrected chi connectivity index (χ0v) is 11.6. The Balaban J connectivity index is 0. The lowest BCUT2D eigenvalue weighted by Gasteiger charge is -2.15. The van der Waals surface area contributed by atoms with Gasteiger partial charge in [-0.2, -0.15) is 4.89 Å². The maximum atomic E-state index is 10.8. The molecule has 0 saturated carbocycles. The highest BCUT2D eigenvalue weighted by Crippen LogP contribution is 2.08. The third-order valence-electron chi connectivity index (χ3n) is 1.37. The first-order chi connectivity index (χ1) is 7.24. The number of carbonyl (C=O) groups excluding carboxylic acids is 1. The molecule has 0 saturated heterocycles.